The molecule has 2 aromatic rings. The molecule has 194 valence electrons. The van der Waals surface area contributed by atoms with E-state index >= 15 is 0 Å². The summed E-state index contributed by atoms with van der Waals surface area (Å²) in [4.78, 5) is 25.8. The molecular weight excluding hydrogens is 460 g/mol. The number of hydrogen-bond acceptors (Lipinski definition) is 6. The van der Waals surface area contributed by atoms with Crippen LogP contribution in [0.15, 0.2) is 60.7 Å². The number of aliphatic hydroxyl groups excluding tert-OH is 3. The minimum absolute atomic E-state index is 0.240. The first-order valence-corrected chi connectivity index (χ1v) is 12.1. The summed E-state index contributed by atoms with van der Waals surface area (Å²) in [5.74, 6) is -1.14. The smallest absolute Gasteiger partial charge is 0.252 e. The van der Waals surface area contributed by atoms with Crippen LogP contribution >= 0.6 is 0 Å². The molecular formula is C28H36N2O6. The van der Waals surface area contributed by atoms with E-state index in [0.29, 0.717) is 18.5 Å². The van der Waals surface area contributed by atoms with Crippen molar-refractivity contribution in [3.05, 3.63) is 66.2 Å². The van der Waals surface area contributed by atoms with E-state index < -0.39 is 36.4 Å². The Hall–Kier alpha value is -3.04. The third-order valence-corrected chi connectivity index (χ3v) is 6.12. The molecule has 0 spiro atoms. The highest BCUT2D eigenvalue weighted by molar-refractivity contribution is 5.99. The van der Waals surface area contributed by atoms with Crippen molar-refractivity contribution in [2.75, 3.05) is 12.4 Å². The molecule has 0 saturated heterocycles. The Kier molecular flexibility index (Phi) is 9.03. The second-order valence-corrected chi connectivity index (χ2v) is 10.2. The lowest BCUT2D eigenvalue weighted by Gasteiger charge is -2.28. The highest BCUT2D eigenvalue weighted by atomic mass is 16.5. The number of benzene rings is 2. The van der Waals surface area contributed by atoms with Crippen LogP contribution in [0.3, 0.4) is 0 Å². The average molecular weight is 497 g/mol. The predicted molar refractivity (Wildman–Crippen MR) is 138 cm³/mol. The van der Waals surface area contributed by atoms with E-state index in [2.05, 4.69) is 10.6 Å². The van der Waals surface area contributed by atoms with Crippen molar-refractivity contribution >= 4 is 17.5 Å². The third-order valence-electron chi connectivity index (χ3n) is 6.12. The predicted octanol–water partition coefficient (Wildman–Crippen LogP) is 2.42. The van der Waals surface area contributed by atoms with Crippen molar-refractivity contribution in [3.63, 3.8) is 0 Å². The zero-order valence-corrected chi connectivity index (χ0v) is 21.1. The summed E-state index contributed by atoms with van der Waals surface area (Å²) >= 11 is 0. The van der Waals surface area contributed by atoms with Gasteiger partial charge in [-0.05, 0) is 47.1 Å². The van der Waals surface area contributed by atoms with Gasteiger partial charge in [0.05, 0.1) is 0 Å². The number of aryl methyl sites for hydroxylation is 1. The van der Waals surface area contributed by atoms with Crippen LogP contribution in [0, 0.1) is 5.41 Å². The van der Waals surface area contributed by atoms with E-state index in [4.69, 9.17) is 4.74 Å². The van der Waals surface area contributed by atoms with E-state index in [1.54, 1.807) is 6.08 Å². The van der Waals surface area contributed by atoms with Gasteiger partial charge in [0.1, 0.15) is 24.4 Å². The number of rotatable bonds is 8. The van der Waals surface area contributed by atoms with E-state index in [1.165, 1.54) is 13.2 Å². The Bertz CT molecular complexity index is 1080. The Balaban J connectivity index is 1.67. The fourth-order valence-electron chi connectivity index (χ4n) is 4.06. The lowest BCUT2D eigenvalue weighted by atomic mass is 9.94. The first kappa shape index (κ1) is 27.5. The van der Waals surface area contributed by atoms with Gasteiger partial charge in [0.2, 0.25) is 5.91 Å². The van der Waals surface area contributed by atoms with Gasteiger partial charge in [-0.3, -0.25) is 9.59 Å². The molecule has 0 unspecified atom stereocenters. The first-order chi connectivity index (χ1) is 17.0. The van der Waals surface area contributed by atoms with Gasteiger partial charge in [-0.15, -0.1) is 0 Å². The van der Waals surface area contributed by atoms with Gasteiger partial charge in [0.25, 0.3) is 5.91 Å². The maximum absolute atomic E-state index is 12.9. The number of methoxy groups -OCH3 is 1. The molecule has 36 heavy (non-hydrogen) atoms. The first-order valence-electron chi connectivity index (χ1n) is 12.1. The Labute approximate surface area is 212 Å². The number of anilines is 1. The average Bonchev–Trinajstić information content (AvgIpc) is 3.00. The zero-order chi connectivity index (χ0) is 26.5. The third kappa shape index (κ3) is 7.01. The number of carbonyl (C=O) groups excluding carboxylic acids is 2. The highest BCUT2D eigenvalue weighted by Gasteiger charge is 2.37. The highest BCUT2D eigenvalue weighted by Crippen LogP contribution is 2.28. The summed E-state index contributed by atoms with van der Waals surface area (Å²) in [7, 11) is 1.21. The minimum Gasteiger partial charge on any atom is -0.387 e. The number of carbonyl (C=O) groups is 2. The van der Waals surface area contributed by atoms with Crippen molar-refractivity contribution in [2.45, 2.75) is 64.1 Å². The fourth-order valence-corrected chi connectivity index (χ4v) is 4.06. The molecule has 8 heteroatoms. The van der Waals surface area contributed by atoms with E-state index in [0.717, 1.165) is 16.7 Å². The maximum Gasteiger partial charge on any atom is 0.252 e. The standard InChI is InChI=1S/C28H36N2O6/c1-28(2,3)15-14-22(31)23(32)24(33)25(36-4)27(35)30-21-13-11-19-16-18(17-8-6-5-7-9-17)10-12-20(19)29-26(21)34/h5-10,12,14-16,21-25,31-33H,11,13H2,1-4H3,(H,29,34)(H,30,35)/t21-,22+,23-,24+,25+/m0/s1. The largest absolute Gasteiger partial charge is 0.387 e. The lowest BCUT2D eigenvalue weighted by Crippen LogP contribution is -2.55. The van der Waals surface area contributed by atoms with Crippen LogP contribution in [0.4, 0.5) is 5.69 Å². The van der Waals surface area contributed by atoms with Crippen LogP contribution in [-0.2, 0) is 20.7 Å². The quantitative estimate of drug-likeness (QED) is 0.357. The second kappa shape index (κ2) is 11.8. The minimum atomic E-state index is -1.71. The van der Waals surface area contributed by atoms with Crippen molar-refractivity contribution in [2.24, 2.45) is 5.41 Å². The van der Waals surface area contributed by atoms with Crippen molar-refractivity contribution < 1.29 is 29.6 Å². The number of amides is 2. The molecule has 1 aliphatic heterocycles. The molecule has 1 heterocycles. The SMILES string of the molecule is CO[C@@H](C(=O)N[C@H]1CCc2cc(-c3ccccc3)ccc2NC1=O)[C@H](O)[C@@H](O)[C@H](O)C=CC(C)(C)C. The molecule has 5 atom stereocenters. The number of nitrogens with one attached hydrogen (secondary N) is 2. The van der Waals surface area contributed by atoms with Crippen LogP contribution in [0.25, 0.3) is 11.1 Å². The van der Waals surface area contributed by atoms with Gasteiger partial charge in [-0.1, -0.05) is 69.3 Å². The molecule has 0 radical (unpaired) electrons. The number of fused-ring (bicyclic) bond motifs is 1. The molecule has 1 aliphatic rings. The van der Waals surface area contributed by atoms with Crippen molar-refractivity contribution in [1.29, 1.82) is 0 Å². The van der Waals surface area contributed by atoms with Crippen molar-refractivity contribution in [1.82, 2.24) is 5.32 Å². The van der Waals surface area contributed by atoms with E-state index in [9.17, 15) is 24.9 Å². The molecule has 5 N–H and O–H groups in total. The Morgan fingerprint density at radius 3 is 2.42 bits per heavy atom. The molecule has 2 aromatic carbocycles. The number of hydrogen-bond donors (Lipinski definition) is 5. The second-order valence-electron chi connectivity index (χ2n) is 10.2. The van der Waals surface area contributed by atoms with Gasteiger partial charge < -0.3 is 30.7 Å². The number of allylic oxidation sites excluding steroid dienone is 1. The molecule has 3 rings (SSSR count). The number of aliphatic hydroxyl groups is 3. The molecule has 0 fully saturated rings. The van der Waals surface area contributed by atoms with Crippen LogP contribution in [0.5, 0.6) is 0 Å². The van der Waals surface area contributed by atoms with Crippen LogP contribution < -0.4 is 10.6 Å². The Morgan fingerprint density at radius 2 is 1.78 bits per heavy atom. The summed E-state index contributed by atoms with van der Waals surface area (Å²) in [6.45, 7) is 5.76. The summed E-state index contributed by atoms with van der Waals surface area (Å²) in [5, 5.41) is 36.7. The Morgan fingerprint density at radius 1 is 1.08 bits per heavy atom. The zero-order valence-electron chi connectivity index (χ0n) is 21.1. The fraction of sp³-hybridized carbons (Fsp3) is 0.429. The molecule has 2 amide bonds. The summed E-state index contributed by atoms with van der Waals surface area (Å²) in [5.41, 5.74) is 3.49. The normalized spacial score (nSPS) is 19.5. The summed E-state index contributed by atoms with van der Waals surface area (Å²) in [6, 6.07) is 14.9. The molecule has 0 aliphatic carbocycles. The van der Waals surface area contributed by atoms with Gasteiger partial charge in [-0.25, -0.2) is 0 Å². The van der Waals surface area contributed by atoms with Gasteiger partial charge in [-0.2, -0.15) is 0 Å². The topological polar surface area (TPSA) is 128 Å². The van der Waals surface area contributed by atoms with Crippen LogP contribution in [-0.4, -0.2) is 64.7 Å². The molecule has 0 bridgehead atoms. The monoisotopic (exact) mass is 496 g/mol. The molecule has 0 saturated carbocycles. The number of ether oxygens (including phenoxy) is 1. The van der Waals surface area contributed by atoms with Crippen LogP contribution in [0.1, 0.15) is 32.8 Å². The molecule has 0 aromatic heterocycles. The van der Waals surface area contributed by atoms with Crippen molar-refractivity contribution in [3.8, 4) is 11.1 Å². The van der Waals surface area contributed by atoms with Gasteiger partial charge in [0.15, 0.2) is 6.10 Å². The summed E-state index contributed by atoms with van der Waals surface area (Å²) in [6.07, 6.45) is -2.31. The van der Waals surface area contributed by atoms with E-state index in [1.807, 2.05) is 69.3 Å². The lowest BCUT2D eigenvalue weighted by molar-refractivity contribution is -0.150. The summed E-state index contributed by atoms with van der Waals surface area (Å²) < 4.78 is 5.14. The van der Waals surface area contributed by atoms with E-state index in [-0.39, 0.29) is 11.3 Å². The van der Waals surface area contributed by atoms with Gasteiger partial charge in [0, 0.05) is 12.8 Å². The molecule has 8 nitrogen and oxygen atoms in total. The van der Waals surface area contributed by atoms with Gasteiger partial charge >= 0.3 is 0 Å². The van der Waals surface area contributed by atoms with Crippen LogP contribution in [0.2, 0.25) is 0 Å². The maximum atomic E-state index is 12.9.